The summed E-state index contributed by atoms with van der Waals surface area (Å²) in [7, 11) is 0. The van der Waals surface area contributed by atoms with Crippen molar-refractivity contribution in [2.75, 3.05) is 0 Å². The minimum atomic E-state index is -0.868. The van der Waals surface area contributed by atoms with Gasteiger partial charge in [-0.2, -0.15) is 0 Å². The average molecular weight is 151 g/mol. The van der Waals surface area contributed by atoms with Gasteiger partial charge in [-0.05, 0) is 24.1 Å². The lowest BCUT2D eigenvalue weighted by molar-refractivity contribution is 0.0697. The molecular weight excluding hydrogens is 141 g/mol. The summed E-state index contributed by atoms with van der Waals surface area (Å²) >= 11 is 0. The molecule has 0 heterocycles. The Morgan fingerprint density at radius 1 is 1.36 bits per heavy atom. The van der Waals surface area contributed by atoms with Gasteiger partial charge in [0.15, 0.2) is 0 Å². The average Bonchev–Trinajstić information content (AvgIpc) is 2.05. The lowest BCUT2D eigenvalue weighted by Crippen LogP contribution is -1.95. The number of hydrogen-bond donors (Lipinski definition) is 1. The minimum absolute atomic E-state index is 0.349. The fourth-order valence-corrected chi connectivity index (χ4v) is 0.883. The lowest BCUT2D eigenvalue weighted by Gasteiger charge is -1.96. The highest BCUT2D eigenvalue weighted by molar-refractivity contribution is 5.87. The van der Waals surface area contributed by atoms with E-state index in [1.54, 1.807) is 12.1 Å². The van der Waals surface area contributed by atoms with Crippen molar-refractivity contribution in [1.29, 1.82) is 0 Å². The van der Waals surface area contributed by atoms with Crippen LogP contribution in [0, 0.1) is 0 Å². The highest BCUT2D eigenvalue weighted by Gasteiger charge is 1.99. The molecule has 0 amide bonds. The number of aromatic carboxylic acids is 1. The molecule has 0 bridgehead atoms. The third-order valence-electron chi connectivity index (χ3n) is 1.61. The molecule has 1 N–H and O–H groups in total. The molecule has 0 saturated heterocycles. The lowest BCUT2D eigenvalue weighted by atomic mass is 10.2. The van der Waals surface area contributed by atoms with E-state index in [1.165, 1.54) is 0 Å². The maximum atomic E-state index is 10.4. The van der Waals surface area contributed by atoms with E-state index in [1.807, 2.05) is 19.1 Å². The zero-order chi connectivity index (χ0) is 8.27. The zero-order valence-electron chi connectivity index (χ0n) is 6.37. The largest absolute Gasteiger partial charge is 0.478 e. The van der Waals surface area contributed by atoms with Crippen LogP contribution >= 0.6 is 0 Å². The molecule has 0 aliphatic carbocycles. The third-order valence-corrected chi connectivity index (χ3v) is 1.61. The van der Waals surface area contributed by atoms with E-state index in [-0.39, 0.29) is 0 Å². The van der Waals surface area contributed by atoms with Crippen LogP contribution in [-0.2, 0) is 6.42 Å². The zero-order valence-corrected chi connectivity index (χ0v) is 6.37. The van der Waals surface area contributed by atoms with Crippen LogP contribution in [0.1, 0.15) is 22.8 Å². The maximum Gasteiger partial charge on any atom is 0.335 e. The highest BCUT2D eigenvalue weighted by atomic mass is 16.4. The van der Waals surface area contributed by atoms with Gasteiger partial charge in [0.2, 0.25) is 0 Å². The topological polar surface area (TPSA) is 37.3 Å². The molecule has 11 heavy (non-hydrogen) atoms. The van der Waals surface area contributed by atoms with Gasteiger partial charge >= 0.3 is 5.97 Å². The van der Waals surface area contributed by atoms with Crippen LogP contribution in [0.4, 0.5) is 0 Å². The Kier molecular flexibility index (Phi) is 2.26. The van der Waals surface area contributed by atoms with Crippen LogP contribution < -0.4 is 0 Å². The summed E-state index contributed by atoms with van der Waals surface area (Å²) in [4.78, 5) is 10.4. The van der Waals surface area contributed by atoms with Crippen molar-refractivity contribution in [3.8, 4) is 0 Å². The smallest absolute Gasteiger partial charge is 0.335 e. The van der Waals surface area contributed by atoms with Crippen LogP contribution in [0.5, 0.6) is 0 Å². The SMILES string of the molecule is C[13CH2]c1ccc(C(=O)O)cc1. The number of rotatable bonds is 2. The minimum Gasteiger partial charge on any atom is -0.478 e. The normalized spacial score (nSPS) is 9.55. The van der Waals surface area contributed by atoms with Gasteiger partial charge in [0.1, 0.15) is 0 Å². The summed E-state index contributed by atoms with van der Waals surface area (Å²) in [6, 6.07) is 6.93. The Hall–Kier alpha value is -1.31. The Morgan fingerprint density at radius 2 is 1.91 bits per heavy atom. The molecule has 1 aromatic carbocycles. The monoisotopic (exact) mass is 151 g/mol. The Bertz CT molecular complexity index is 249. The van der Waals surface area contributed by atoms with Crippen molar-refractivity contribution in [3.63, 3.8) is 0 Å². The predicted molar refractivity (Wildman–Crippen MR) is 42.8 cm³/mol. The van der Waals surface area contributed by atoms with Gasteiger partial charge in [0.25, 0.3) is 0 Å². The van der Waals surface area contributed by atoms with Gasteiger partial charge < -0.3 is 5.11 Å². The fourth-order valence-electron chi connectivity index (χ4n) is 0.883. The van der Waals surface area contributed by atoms with Gasteiger partial charge in [0.05, 0.1) is 5.56 Å². The van der Waals surface area contributed by atoms with Crippen molar-refractivity contribution in [2.24, 2.45) is 0 Å². The maximum absolute atomic E-state index is 10.4. The van der Waals surface area contributed by atoms with E-state index < -0.39 is 5.97 Å². The van der Waals surface area contributed by atoms with Gasteiger partial charge in [-0.1, -0.05) is 19.1 Å². The molecule has 0 radical (unpaired) electrons. The molecule has 0 aliphatic rings. The number of hydrogen-bond acceptors (Lipinski definition) is 1. The summed E-state index contributed by atoms with van der Waals surface area (Å²) in [5.41, 5.74) is 1.51. The molecule has 0 fully saturated rings. The van der Waals surface area contributed by atoms with Crippen molar-refractivity contribution < 1.29 is 9.90 Å². The second-order valence-corrected chi connectivity index (χ2v) is 2.36. The Balaban J connectivity index is 2.91. The molecule has 0 unspecified atom stereocenters. The van der Waals surface area contributed by atoms with E-state index in [2.05, 4.69) is 0 Å². The second kappa shape index (κ2) is 3.19. The molecule has 0 aliphatic heterocycles. The summed E-state index contributed by atoms with van der Waals surface area (Å²) < 4.78 is 0. The summed E-state index contributed by atoms with van der Waals surface area (Å²) in [6.07, 6.45) is 0.944. The molecule has 0 atom stereocenters. The standard InChI is InChI=1S/C9H10O2/c1-2-7-3-5-8(6-4-7)9(10)11/h3-6H,2H2,1H3,(H,10,11)/i2+1. The first-order valence-electron chi connectivity index (χ1n) is 3.56. The van der Waals surface area contributed by atoms with Crippen molar-refractivity contribution in [3.05, 3.63) is 35.4 Å². The third kappa shape index (κ3) is 1.80. The highest BCUT2D eigenvalue weighted by Crippen LogP contribution is 2.04. The first-order valence-corrected chi connectivity index (χ1v) is 3.56. The van der Waals surface area contributed by atoms with Crippen LogP contribution in [0.2, 0.25) is 0 Å². The predicted octanol–water partition coefficient (Wildman–Crippen LogP) is 1.95. The number of carboxylic acids is 1. The van der Waals surface area contributed by atoms with Crippen LogP contribution in [0.15, 0.2) is 24.3 Å². The van der Waals surface area contributed by atoms with Gasteiger partial charge in [0, 0.05) is 0 Å². The van der Waals surface area contributed by atoms with Crippen LogP contribution in [-0.4, -0.2) is 11.1 Å². The molecule has 1 rings (SSSR count). The number of carbonyl (C=O) groups is 1. The van der Waals surface area contributed by atoms with Gasteiger partial charge in [-0.15, -0.1) is 0 Å². The van der Waals surface area contributed by atoms with Crippen LogP contribution in [0.3, 0.4) is 0 Å². The molecule has 1 aromatic rings. The number of benzene rings is 1. The molecule has 58 valence electrons. The van der Waals surface area contributed by atoms with Crippen molar-refractivity contribution >= 4 is 5.97 Å². The molecular formula is C9H10O2. The first kappa shape index (κ1) is 7.79. The molecule has 2 heteroatoms. The van der Waals surface area contributed by atoms with E-state index in [0.717, 1.165) is 12.0 Å². The number of carboxylic acid groups (broad SMARTS) is 1. The Labute approximate surface area is 65.5 Å². The molecule has 0 aromatic heterocycles. The van der Waals surface area contributed by atoms with Crippen molar-refractivity contribution in [2.45, 2.75) is 13.3 Å². The van der Waals surface area contributed by atoms with Gasteiger partial charge in [-0.25, -0.2) is 4.79 Å². The van der Waals surface area contributed by atoms with Crippen molar-refractivity contribution in [1.82, 2.24) is 0 Å². The van der Waals surface area contributed by atoms with E-state index in [4.69, 9.17) is 5.11 Å². The van der Waals surface area contributed by atoms with E-state index in [0.29, 0.717) is 5.56 Å². The first-order chi connectivity index (χ1) is 5.24. The summed E-state index contributed by atoms with van der Waals surface area (Å²) in [5.74, 6) is -0.868. The molecule has 0 spiro atoms. The molecule has 0 saturated carbocycles. The molecule has 2 nitrogen and oxygen atoms in total. The van der Waals surface area contributed by atoms with E-state index in [9.17, 15) is 4.79 Å². The summed E-state index contributed by atoms with van der Waals surface area (Å²) in [5, 5.41) is 8.55. The fraction of sp³-hybridized carbons (Fsp3) is 0.222. The Morgan fingerprint density at radius 3 is 2.27 bits per heavy atom. The summed E-state index contributed by atoms with van der Waals surface area (Å²) in [6.45, 7) is 2.04. The number of aryl methyl sites for hydroxylation is 1. The van der Waals surface area contributed by atoms with Crippen LogP contribution in [0.25, 0.3) is 0 Å². The second-order valence-electron chi connectivity index (χ2n) is 2.36. The van der Waals surface area contributed by atoms with E-state index >= 15 is 0 Å². The quantitative estimate of drug-likeness (QED) is 0.656. The van der Waals surface area contributed by atoms with Gasteiger partial charge in [-0.3, -0.25) is 0 Å².